The molecule has 1 aromatic rings. The van der Waals surface area contributed by atoms with Gasteiger partial charge in [-0.25, -0.2) is 8.42 Å². The smallest absolute Gasteiger partial charge is 0.243 e. The largest absolute Gasteiger partial charge is 0.367 e. The second-order valence-corrected chi connectivity index (χ2v) is 11.4. The first-order valence-electron chi connectivity index (χ1n) is 12.1. The summed E-state index contributed by atoms with van der Waals surface area (Å²) >= 11 is 0. The van der Waals surface area contributed by atoms with E-state index in [1.165, 1.54) is 4.31 Å². The van der Waals surface area contributed by atoms with Gasteiger partial charge in [0.15, 0.2) is 0 Å². The summed E-state index contributed by atoms with van der Waals surface area (Å²) < 4.78 is 27.6. The maximum Gasteiger partial charge on any atom is 0.243 e. The average molecular weight is 496 g/mol. The molecule has 9 nitrogen and oxygen atoms in total. The van der Waals surface area contributed by atoms with Gasteiger partial charge in [-0.05, 0) is 24.7 Å². The number of nitrogens with zero attached hydrogens (tertiary/aromatic N) is 3. The highest BCUT2D eigenvalue weighted by molar-refractivity contribution is 7.89. The zero-order chi connectivity index (χ0) is 25.5. The lowest BCUT2D eigenvalue weighted by Crippen LogP contribution is -2.46. The van der Waals surface area contributed by atoms with Crippen molar-refractivity contribution in [2.24, 2.45) is 5.41 Å². The maximum atomic E-state index is 13.1. The number of rotatable bonds is 10. The van der Waals surface area contributed by atoms with Crippen LogP contribution < -0.4 is 15.5 Å². The summed E-state index contributed by atoms with van der Waals surface area (Å²) in [5.41, 5.74) is 0.754. The third-order valence-corrected chi connectivity index (χ3v) is 8.11. The van der Waals surface area contributed by atoms with E-state index in [0.717, 1.165) is 38.4 Å². The molecule has 0 bridgehead atoms. The molecule has 10 heteroatoms. The molecular weight excluding hydrogens is 454 g/mol. The number of hydrogen-bond acceptors (Lipinski definition) is 6. The Hall–Kier alpha value is -2.17. The number of amides is 2. The zero-order valence-electron chi connectivity index (χ0n) is 21.5. The molecule has 0 spiro atoms. The van der Waals surface area contributed by atoms with Crippen molar-refractivity contribution in [3.63, 3.8) is 0 Å². The van der Waals surface area contributed by atoms with E-state index >= 15 is 0 Å². The fourth-order valence-corrected chi connectivity index (χ4v) is 5.32. The second-order valence-electron chi connectivity index (χ2n) is 9.49. The Balaban J connectivity index is 2.26. The van der Waals surface area contributed by atoms with Crippen LogP contribution in [0.2, 0.25) is 0 Å². The van der Waals surface area contributed by atoms with Crippen LogP contribution in [0.25, 0.3) is 0 Å². The van der Waals surface area contributed by atoms with E-state index in [9.17, 15) is 18.0 Å². The third kappa shape index (κ3) is 7.16. The standard InChI is InChI=1S/C24H41N5O4S/c1-7-27-14-16-28(17-15-27)21-11-10-19(34(32,33)29(8-2)9-3)18-20(21)26-22(30)12-13-25-23(31)24(4,5)6/h10-11,18H,7-9,12-17H2,1-6H3,(H,25,31)(H,26,30). The molecule has 1 aliphatic rings. The number of anilines is 2. The number of nitrogens with one attached hydrogen (secondary N) is 2. The van der Waals surface area contributed by atoms with E-state index in [0.29, 0.717) is 18.8 Å². The molecule has 1 heterocycles. The Morgan fingerprint density at radius 3 is 2.18 bits per heavy atom. The predicted molar refractivity (Wildman–Crippen MR) is 137 cm³/mol. The Labute approximate surface area is 204 Å². The van der Waals surface area contributed by atoms with E-state index in [2.05, 4.69) is 27.4 Å². The molecule has 2 amide bonds. The van der Waals surface area contributed by atoms with Crippen LogP contribution in [0.5, 0.6) is 0 Å². The highest BCUT2D eigenvalue weighted by Gasteiger charge is 2.26. The number of likely N-dealkylation sites (N-methyl/N-ethyl adjacent to an activating group) is 1. The molecule has 0 unspecified atom stereocenters. The second kappa shape index (κ2) is 12.0. The number of benzene rings is 1. The Bertz CT molecular complexity index is 947. The first kappa shape index (κ1) is 28.1. The van der Waals surface area contributed by atoms with Gasteiger partial charge in [0, 0.05) is 57.6 Å². The Morgan fingerprint density at radius 2 is 1.65 bits per heavy atom. The number of carbonyl (C=O) groups excluding carboxylic acids is 2. The molecule has 0 aromatic heterocycles. The molecule has 0 atom stereocenters. The average Bonchev–Trinajstić information content (AvgIpc) is 2.79. The fourth-order valence-electron chi connectivity index (χ4n) is 3.84. The Kier molecular flexibility index (Phi) is 9.90. The van der Waals surface area contributed by atoms with Crippen molar-refractivity contribution in [1.82, 2.24) is 14.5 Å². The van der Waals surface area contributed by atoms with Gasteiger partial charge in [-0.15, -0.1) is 0 Å². The molecule has 2 rings (SSSR count). The summed E-state index contributed by atoms with van der Waals surface area (Å²) in [6.07, 6.45) is 0.0951. The van der Waals surface area contributed by atoms with Gasteiger partial charge < -0.3 is 20.4 Å². The lowest BCUT2D eigenvalue weighted by atomic mass is 9.96. The predicted octanol–water partition coefficient (Wildman–Crippen LogP) is 2.35. The number of piperazine rings is 1. The van der Waals surface area contributed by atoms with Gasteiger partial charge in [0.2, 0.25) is 21.8 Å². The van der Waals surface area contributed by atoms with Gasteiger partial charge in [0.05, 0.1) is 16.3 Å². The molecule has 1 fully saturated rings. The lowest BCUT2D eigenvalue weighted by molar-refractivity contribution is -0.128. The van der Waals surface area contributed by atoms with Gasteiger partial charge >= 0.3 is 0 Å². The summed E-state index contributed by atoms with van der Waals surface area (Å²) in [5.74, 6) is -0.401. The zero-order valence-corrected chi connectivity index (χ0v) is 22.3. The quantitative estimate of drug-likeness (QED) is 0.517. The molecular formula is C24H41N5O4S. The van der Waals surface area contributed by atoms with Crippen LogP contribution in [0.4, 0.5) is 11.4 Å². The van der Waals surface area contributed by atoms with Gasteiger partial charge in [0.1, 0.15) is 0 Å². The minimum Gasteiger partial charge on any atom is -0.367 e. The topological polar surface area (TPSA) is 102 Å². The van der Waals surface area contributed by atoms with Crippen molar-refractivity contribution in [2.45, 2.75) is 52.9 Å². The van der Waals surface area contributed by atoms with E-state index in [1.807, 2.05) is 20.8 Å². The molecule has 1 saturated heterocycles. The van der Waals surface area contributed by atoms with Crippen molar-refractivity contribution in [3.8, 4) is 0 Å². The van der Waals surface area contributed by atoms with Crippen LogP contribution >= 0.6 is 0 Å². The highest BCUT2D eigenvalue weighted by Crippen LogP contribution is 2.31. The summed E-state index contributed by atoms with van der Waals surface area (Å²) in [6, 6.07) is 4.96. The molecule has 34 heavy (non-hydrogen) atoms. The van der Waals surface area contributed by atoms with Crippen molar-refractivity contribution >= 4 is 33.2 Å². The van der Waals surface area contributed by atoms with Crippen molar-refractivity contribution in [1.29, 1.82) is 0 Å². The fraction of sp³-hybridized carbons (Fsp3) is 0.667. The van der Waals surface area contributed by atoms with E-state index in [-0.39, 0.29) is 29.7 Å². The summed E-state index contributed by atoms with van der Waals surface area (Å²) in [6.45, 7) is 16.5. The van der Waals surface area contributed by atoms with Crippen LogP contribution in [0.15, 0.2) is 23.1 Å². The summed E-state index contributed by atoms with van der Waals surface area (Å²) in [7, 11) is -3.67. The van der Waals surface area contributed by atoms with Crippen LogP contribution in [-0.4, -0.2) is 81.8 Å². The van der Waals surface area contributed by atoms with E-state index < -0.39 is 15.4 Å². The van der Waals surface area contributed by atoms with E-state index in [1.54, 1.807) is 32.0 Å². The molecule has 0 radical (unpaired) electrons. The van der Waals surface area contributed by atoms with Crippen LogP contribution in [0.3, 0.4) is 0 Å². The summed E-state index contributed by atoms with van der Waals surface area (Å²) in [4.78, 5) is 29.5. The van der Waals surface area contributed by atoms with Gasteiger partial charge in [-0.1, -0.05) is 41.5 Å². The highest BCUT2D eigenvalue weighted by atomic mass is 32.2. The van der Waals surface area contributed by atoms with Crippen molar-refractivity contribution in [3.05, 3.63) is 18.2 Å². The monoisotopic (exact) mass is 495 g/mol. The van der Waals surface area contributed by atoms with Gasteiger partial charge in [0.25, 0.3) is 0 Å². The molecule has 0 saturated carbocycles. The lowest BCUT2D eigenvalue weighted by Gasteiger charge is -2.36. The molecule has 192 valence electrons. The van der Waals surface area contributed by atoms with Crippen LogP contribution in [0, 0.1) is 5.41 Å². The van der Waals surface area contributed by atoms with Crippen molar-refractivity contribution < 1.29 is 18.0 Å². The van der Waals surface area contributed by atoms with Gasteiger partial charge in [-0.3, -0.25) is 9.59 Å². The number of carbonyl (C=O) groups is 2. The molecule has 1 aliphatic heterocycles. The normalized spacial score (nSPS) is 15.4. The number of sulfonamides is 1. The number of hydrogen-bond donors (Lipinski definition) is 2. The third-order valence-electron chi connectivity index (χ3n) is 6.06. The molecule has 2 N–H and O–H groups in total. The van der Waals surface area contributed by atoms with Crippen LogP contribution in [-0.2, 0) is 19.6 Å². The minimum absolute atomic E-state index is 0.0951. The van der Waals surface area contributed by atoms with Crippen molar-refractivity contribution in [2.75, 3.05) is 62.6 Å². The minimum atomic E-state index is -3.67. The first-order chi connectivity index (χ1) is 15.9. The van der Waals surface area contributed by atoms with Gasteiger partial charge in [-0.2, -0.15) is 4.31 Å². The maximum absolute atomic E-state index is 13.1. The SMILES string of the molecule is CCN1CCN(c2ccc(S(=O)(=O)N(CC)CC)cc2NC(=O)CCNC(=O)C(C)(C)C)CC1. The van der Waals surface area contributed by atoms with Crippen LogP contribution in [0.1, 0.15) is 48.0 Å². The summed E-state index contributed by atoms with van der Waals surface area (Å²) in [5, 5.41) is 5.68. The van der Waals surface area contributed by atoms with E-state index in [4.69, 9.17) is 0 Å². The molecule has 1 aromatic carbocycles. The first-order valence-corrected chi connectivity index (χ1v) is 13.6. The Morgan fingerprint density at radius 1 is 1.03 bits per heavy atom. The molecule has 0 aliphatic carbocycles.